The molecule has 0 bridgehead atoms. The number of carbonyl (C=O) groups excluding carboxylic acids is 1. The number of methoxy groups -OCH3 is 1. The molecule has 3 rings (SSSR count). The van der Waals surface area contributed by atoms with Crippen LogP contribution in [0, 0.1) is 0 Å². The van der Waals surface area contributed by atoms with Crippen molar-refractivity contribution < 1.29 is 24.2 Å². The first-order valence-electron chi connectivity index (χ1n) is 8.65. The highest BCUT2D eigenvalue weighted by Gasteiger charge is 2.33. The summed E-state index contributed by atoms with van der Waals surface area (Å²) in [5.41, 5.74) is 1.90. The van der Waals surface area contributed by atoms with Gasteiger partial charge in [-0.1, -0.05) is 18.2 Å². The molecule has 7 heteroatoms. The number of benzene rings is 2. The lowest BCUT2D eigenvalue weighted by atomic mass is 10.1. The zero-order valence-corrected chi connectivity index (χ0v) is 15.2. The van der Waals surface area contributed by atoms with Crippen molar-refractivity contribution in [3.63, 3.8) is 0 Å². The molecule has 2 aromatic carbocycles. The summed E-state index contributed by atoms with van der Waals surface area (Å²) in [6.07, 6.45) is -1.36. The van der Waals surface area contributed by atoms with Gasteiger partial charge in [-0.25, -0.2) is 4.79 Å². The van der Waals surface area contributed by atoms with E-state index in [1.54, 1.807) is 26.2 Å². The molecule has 0 saturated carbocycles. The average molecular weight is 370 g/mol. The van der Waals surface area contributed by atoms with E-state index in [1.807, 2.05) is 36.4 Å². The predicted octanol–water partition coefficient (Wildman–Crippen LogP) is 2.75. The Labute approximate surface area is 157 Å². The van der Waals surface area contributed by atoms with E-state index in [2.05, 4.69) is 5.32 Å². The standard InChI is InChI=1S/C20H22N2O5/c1-13-11-22(12-18(27-13)20(24)25)19(23)16-8-3-4-9-17(16)21-14-6-5-7-15(10-14)26-2/h3-10,13,18,21H,11-12H2,1-2H3,(H,24,25)/t13-,18?/m1/s1. The Hall–Kier alpha value is -3.06. The molecule has 1 aliphatic rings. The summed E-state index contributed by atoms with van der Waals surface area (Å²) >= 11 is 0. The lowest BCUT2D eigenvalue weighted by Crippen LogP contribution is -2.51. The SMILES string of the molecule is COc1cccc(Nc2ccccc2C(=O)N2CC(C(=O)O)O[C@H](C)C2)c1. The average Bonchev–Trinajstić information content (AvgIpc) is 2.67. The van der Waals surface area contributed by atoms with Crippen LogP contribution in [-0.2, 0) is 9.53 Å². The van der Waals surface area contributed by atoms with E-state index in [0.29, 0.717) is 23.5 Å². The van der Waals surface area contributed by atoms with Gasteiger partial charge in [0.15, 0.2) is 6.10 Å². The van der Waals surface area contributed by atoms with Gasteiger partial charge in [-0.3, -0.25) is 4.79 Å². The number of carboxylic acid groups (broad SMARTS) is 1. The Morgan fingerprint density at radius 2 is 1.96 bits per heavy atom. The molecule has 1 amide bonds. The van der Waals surface area contributed by atoms with Crippen molar-refractivity contribution in [1.82, 2.24) is 4.90 Å². The predicted molar refractivity (Wildman–Crippen MR) is 101 cm³/mol. The normalized spacial score (nSPS) is 19.4. The molecule has 0 aromatic heterocycles. The van der Waals surface area contributed by atoms with E-state index in [-0.39, 0.29) is 18.6 Å². The summed E-state index contributed by atoms with van der Waals surface area (Å²) in [4.78, 5) is 25.9. The number of hydrogen-bond donors (Lipinski definition) is 2. The van der Waals surface area contributed by atoms with Gasteiger partial charge in [0.05, 0.1) is 31.0 Å². The Morgan fingerprint density at radius 3 is 2.70 bits per heavy atom. The van der Waals surface area contributed by atoms with E-state index >= 15 is 0 Å². The largest absolute Gasteiger partial charge is 0.497 e. The highest BCUT2D eigenvalue weighted by molar-refractivity contribution is 6.00. The number of nitrogens with one attached hydrogen (secondary N) is 1. The molecule has 2 atom stereocenters. The molecule has 1 aliphatic heterocycles. The molecule has 1 fully saturated rings. The molecule has 2 N–H and O–H groups in total. The lowest BCUT2D eigenvalue weighted by molar-refractivity contribution is -0.160. The van der Waals surface area contributed by atoms with Crippen molar-refractivity contribution in [3.05, 3.63) is 54.1 Å². The van der Waals surface area contributed by atoms with Crippen LogP contribution in [0.2, 0.25) is 0 Å². The zero-order chi connectivity index (χ0) is 19.4. The van der Waals surface area contributed by atoms with Crippen LogP contribution in [0.5, 0.6) is 5.75 Å². The molecule has 1 saturated heterocycles. The lowest BCUT2D eigenvalue weighted by Gasteiger charge is -2.35. The minimum atomic E-state index is -1.07. The molecule has 0 aliphatic carbocycles. The van der Waals surface area contributed by atoms with Gasteiger partial charge >= 0.3 is 5.97 Å². The number of hydrogen-bond acceptors (Lipinski definition) is 5. The van der Waals surface area contributed by atoms with Crippen molar-refractivity contribution in [2.45, 2.75) is 19.1 Å². The van der Waals surface area contributed by atoms with Crippen LogP contribution in [-0.4, -0.2) is 54.3 Å². The monoisotopic (exact) mass is 370 g/mol. The Morgan fingerprint density at radius 1 is 1.19 bits per heavy atom. The molecule has 142 valence electrons. The maximum atomic E-state index is 13.1. The third kappa shape index (κ3) is 4.38. The maximum Gasteiger partial charge on any atom is 0.334 e. The van der Waals surface area contributed by atoms with Crippen LogP contribution in [0.3, 0.4) is 0 Å². The third-order valence-electron chi connectivity index (χ3n) is 4.33. The summed E-state index contributed by atoms with van der Waals surface area (Å²) in [5, 5.41) is 12.5. The van der Waals surface area contributed by atoms with Gasteiger partial charge in [0.25, 0.3) is 5.91 Å². The number of rotatable bonds is 5. The fraction of sp³-hybridized carbons (Fsp3) is 0.300. The highest BCUT2D eigenvalue weighted by atomic mass is 16.5. The van der Waals surface area contributed by atoms with Gasteiger partial charge in [-0.15, -0.1) is 0 Å². The number of anilines is 2. The first-order chi connectivity index (χ1) is 13.0. The van der Waals surface area contributed by atoms with Crippen molar-refractivity contribution in [3.8, 4) is 5.75 Å². The Balaban J connectivity index is 1.84. The fourth-order valence-corrected chi connectivity index (χ4v) is 3.06. The van der Waals surface area contributed by atoms with Crippen LogP contribution in [0.4, 0.5) is 11.4 Å². The number of amides is 1. The van der Waals surface area contributed by atoms with Gasteiger partial charge < -0.3 is 24.8 Å². The molecular formula is C20H22N2O5. The molecule has 0 radical (unpaired) electrons. The van der Waals surface area contributed by atoms with Gasteiger partial charge in [0.2, 0.25) is 0 Å². The van der Waals surface area contributed by atoms with E-state index < -0.39 is 12.1 Å². The smallest absolute Gasteiger partial charge is 0.334 e. The first kappa shape index (κ1) is 18.7. The number of ether oxygens (including phenoxy) is 2. The topological polar surface area (TPSA) is 88.1 Å². The van der Waals surface area contributed by atoms with Crippen LogP contribution in [0.25, 0.3) is 0 Å². The van der Waals surface area contributed by atoms with Crippen molar-refractivity contribution in [2.75, 3.05) is 25.5 Å². The van der Waals surface area contributed by atoms with Crippen LogP contribution in [0.15, 0.2) is 48.5 Å². The molecule has 0 spiro atoms. The minimum Gasteiger partial charge on any atom is -0.497 e. The minimum absolute atomic E-state index is 0.0198. The van der Waals surface area contributed by atoms with Crippen LogP contribution >= 0.6 is 0 Å². The zero-order valence-electron chi connectivity index (χ0n) is 15.2. The fourth-order valence-electron chi connectivity index (χ4n) is 3.06. The molecule has 7 nitrogen and oxygen atoms in total. The van der Waals surface area contributed by atoms with Gasteiger partial charge in [0, 0.05) is 18.3 Å². The second kappa shape index (κ2) is 8.09. The molecule has 1 unspecified atom stereocenters. The van der Waals surface area contributed by atoms with E-state index in [0.717, 1.165) is 5.69 Å². The van der Waals surface area contributed by atoms with Crippen LogP contribution in [0.1, 0.15) is 17.3 Å². The number of nitrogens with zero attached hydrogens (tertiary/aromatic N) is 1. The number of aliphatic carboxylic acids is 1. The Kier molecular flexibility index (Phi) is 5.61. The van der Waals surface area contributed by atoms with E-state index in [4.69, 9.17) is 9.47 Å². The van der Waals surface area contributed by atoms with Gasteiger partial charge in [-0.05, 0) is 31.2 Å². The summed E-state index contributed by atoms with van der Waals surface area (Å²) in [7, 11) is 1.59. The summed E-state index contributed by atoms with van der Waals surface area (Å²) in [6, 6.07) is 14.5. The maximum absolute atomic E-state index is 13.1. The quantitative estimate of drug-likeness (QED) is 0.841. The van der Waals surface area contributed by atoms with Crippen LogP contribution < -0.4 is 10.1 Å². The van der Waals surface area contributed by atoms with Gasteiger partial charge in [0.1, 0.15) is 5.75 Å². The summed E-state index contributed by atoms with van der Waals surface area (Å²) < 4.78 is 10.6. The van der Waals surface area contributed by atoms with Crippen molar-refractivity contribution in [1.29, 1.82) is 0 Å². The third-order valence-corrected chi connectivity index (χ3v) is 4.33. The number of morpholine rings is 1. The highest BCUT2D eigenvalue weighted by Crippen LogP contribution is 2.26. The van der Waals surface area contributed by atoms with Crippen molar-refractivity contribution >= 4 is 23.3 Å². The van der Waals surface area contributed by atoms with Gasteiger partial charge in [-0.2, -0.15) is 0 Å². The van der Waals surface area contributed by atoms with E-state index in [1.165, 1.54) is 4.90 Å². The first-order valence-corrected chi connectivity index (χ1v) is 8.65. The summed E-state index contributed by atoms with van der Waals surface area (Å²) in [6.45, 7) is 2.12. The molecule has 27 heavy (non-hydrogen) atoms. The number of carboxylic acids is 1. The van der Waals surface area contributed by atoms with Crippen molar-refractivity contribution in [2.24, 2.45) is 0 Å². The van der Waals surface area contributed by atoms with E-state index in [9.17, 15) is 14.7 Å². The second-order valence-corrected chi connectivity index (χ2v) is 6.39. The molecule has 1 heterocycles. The number of carbonyl (C=O) groups is 2. The second-order valence-electron chi connectivity index (χ2n) is 6.39. The number of para-hydroxylation sites is 1. The summed E-state index contributed by atoms with van der Waals surface area (Å²) in [5.74, 6) is -0.598. The Bertz CT molecular complexity index is 839. The molecule has 2 aromatic rings. The molecular weight excluding hydrogens is 348 g/mol.